The van der Waals surface area contributed by atoms with Crippen molar-refractivity contribution in [1.29, 1.82) is 0 Å². The zero-order valence-corrected chi connectivity index (χ0v) is 13.1. The van der Waals surface area contributed by atoms with Gasteiger partial charge in [-0.25, -0.2) is 13.6 Å². The molecule has 3 rings (SSSR count). The zero-order valence-electron chi connectivity index (χ0n) is 13.1. The number of halogens is 2. The molecule has 0 saturated carbocycles. The van der Waals surface area contributed by atoms with E-state index >= 15 is 0 Å². The van der Waals surface area contributed by atoms with Crippen molar-refractivity contribution in [3.05, 3.63) is 70.1 Å². The number of benzene rings is 2. The van der Waals surface area contributed by atoms with Crippen LogP contribution in [0.1, 0.15) is 17.3 Å². The molecule has 7 heteroatoms. The summed E-state index contributed by atoms with van der Waals surface area (Å²) in [4.78, 5) is 24.2. The average molecular weight is 345 g/mol. The summed E-state index contributed by atoms with van der Waals surface area (Å²) in [6, 6.07) is 8.75. The number of anilines is 1. The quantitative estimate of drug-likeness (QED) is 0.732. The first kappa shape index (κ1) is 16.6. The van der Waals surface area contributed by atoms with Crippen LogP contribution in [0, 0.1) is 11.6 Å². The van der Waals surface area contributed by atoms with E-state index in [0.717, 1.165) is 18.2 Å². The maximum atomic E-state index is 13.3. The molecule has 128 valence electrons. The van der Waals surface area contributed by atoms with Crippen LogP contribution < -0.4 is 15.7 Å². The van der Waals surface area contributed by atoms with E-state index in [4.69, 9.17) is 9.15 Å². The topological polar surface area (TPSA) is 68.5 Å². The lowest BCUT2D eigenvalue weighted by atomic mass is 10.1. The number of carbonyl (C=O) groups is 1. The van der Waals surface area contributed by atoms with Crippen molar-refractivity contribution in [3.63, 3.8) is 0 Å². The summed E-state index contributed by atoms with van der Waals surface area (Å²) in [5.41, 5.74) is -0.402. The van der Waals surface area contributed by atoms with E-state index in [2.05, 4.69) is 5.32 Å². The van der Waals surface area contributed by atoms with Crippen molar-refractivity contribution >= 4 is 22.6 Å². The molecule has 0 bridgehead atoms. The SMILES string of the molecule is CCOc1ccc2c(C(=O)Nc3ccc(F)c(F)c3)cc(=O)oc2c1. The molecule has 0 atom stereocenters. The fourth-order valence-electron chi connectivity index (χ4n) is 2.36. The summed E-state index contributed by atoms with van der Waals surface area (Å²) in [5.74, 6) is -2.26. The van der Waals surface area contributed by atoms with Gasteiger partial charge in [0, 0.05) is 29.3 Å². The number of hydrogen-bond acceptors (Lipinski definition) is 4. The van der Waals surface area contributed by atoms with E-state index < -0.39 is 23.2 Å². The van der Waals surface area contributed by atoms with Crippen molar-refractivity contribution in [2.45, 2.75) is 6.92 Å². The van der Waals surface area contributed by atoms with Gasteiger partial charge >= 0.3 is 5.63 Å². The lowest BCUT2D eigenvalue weighted by Crippen LogP contribution is -2.15. The molecule has 1 aromatic heterocycles. The first-order valence-corrected chi connectivity index (χ1v) is 7.45. The minimum atomic E-state index is -1.09. The van der Waals surface area contributed by atoms with E-state index in [1.54, 1.807) is 12.1 Å². The number of carbonyl (C=O) groups excluding carboxylic acids is 1. The van der Waals surface area contributed by atoms with Crippen molar-refractivity contribution in [2.75, 3.05) is 11.9 Å². The Bertz CT molecular complexity index is 1010. The Kier molecular flexibility index (Phi) is 4.47. The van der Waals surface area contributed by atoms with Crippen molar-refractivity contribution in [2.24, 2.45) is 0 Å². The van der Waals surface area contributed by atoms with Gasteiger partial charge in [-0.05, 0) is 31.2 Å². The third kappa shape index (κ3) is 3.50. The third-order valence-corrected chi connectivity index (χ3v) is 3.45. The van der Waals surface area contributed by atoms with Gasteiger partial charge in [-0.3, -0.25) is 4.79 Å². The van der Waals surface area contributed by atoms with Gasteiger partial charge < -0.3 is 14.5 Å². The van der Waals surface area contributed by atoms with Gasteiger partial charge in [0.15, 0.2) is 11.6 Å². The molecule has 0 saturated heterocycles. The van der Waals surface area contributed by atoms with E-state index in [1.807, 2.05) is 6.92 Å². The average Bonchev–Trinajstić information content (AvgIpc) is 2.57. The fourth-order valence-corrected chi connectivity index (χ4v) is 2.36. The Balaban J connectivity index is 2.00. The Morgan fingerprint density at radius 2 is 1.92 bits per heavy atom. The first-order valence-electron chi connectivity index (χ1n) is 7.45. The van der Waals surface area contributed by atoms with Gasteiger partial charge in [0.2, 0.25) is 0 Å². The van der Waals surface area contributed by atoms with Gasteiger partial charge in [-0.1, -0.05) is 0 Å². The molecule has 0 aliphatic rings. The number of hydrogen-bond donors (Lipinski definition) is 1. The van der Waals surface area contributed by atoms with Gasteiger partial charge in [-0.15, -0.1) is 0 Å². The first-order chi connectivity index (χ1) is 12.0. The van der Waals surface area contributed by atoms with Crippen LogP contribution in [0.15, 0.2) is 51.7 Å². The Hall–Kier alpha value is -3.22. The predicted octanol–water partition coefficient (Wildman–Crippen LogP) is 3.72. The Morgan fingerprint density at radius 3 is 2.64 bits per heavy atom. The monoisotopic (exact) mass is 345 g/mol. The highest BCUT2D eigenvalue weighted by molar-refractivity contribution is 6.12. The van der Waals surface area contributed by atoms with E-state index in [0.29, 0.717) is 17.7 Å². The van der Waals surface area contributed by atoms with Crippen LogP contribution in [0.3, 0.4) is 0 Å². The van der Waals surface area contributed by atoms with Gasteiger partial charge in [-0.2, -0.15) is 0 Å². The minimum Gasteiger partial charge on any atom is -0.494 e. The predicted molar refractivity (Wildman–Crippen MR) is 88.0 cm³/mol. The normalized spacial score (nSPS) is 10.7. The largest absolute Gasteiger partial charge is 0.494 e. The fraction of sp³-hybridized carbons (Fsp3) is 0.111. The highest BCUT2D eigenvalue weighted by Gasteiger charge is 2.15. The van der Waals surface area contributed by atoms with E-state index in [9.17, 15) is 18.4 Å². The third-order valence-electron chi connectivity index (χ3n) is 3.45. The van der Waals surface area contributed by atoms with Crippen LogP contribution in [0.5, 0.6) is 5.75 Å². The molecule has 0 aliphatic carbocycles. The van der Waals surface area contributed by atoms with Crippen molar-refractivity contribution < 1.29 is 22.7 Å². The van der Waals surface area contributed by atoms with Gasteiger partial charge in [0.1, 0.15) is 11.3 Å². The molecule has 25 heavy (non-hydrogen) atoms. The molecule has 2 aromatic carbocycles. The minimum absolute atomic E-state index is 0.0547. The summed E-state index contributed by atoms with van der Waals surface area (Å²) in [5, 5.41) is 2.82. The maximum Gasteiger partial charge on any atom is 0.337 e. The lowest BCUT2D eigenvalue weighted by molar-refractivity contribution is 0.102. The molecule has 1 heterocycles. The second-order valence-electron chi connectivity index (χ2n) is 5.15. The van der Waals surface area contributed by atoms with E-state index in [-0.39, 0.29) is 16.8 Å². The van der Waals surface area contributed by atoms with Crippen molar-refractivity contribution in [3.8, 4) is 5.75 Å². The molecule has 1 amide bonds. The Morgan fingerprint density at radius 1 is 1.12 bits per heavy atom. The second-order valence-corrected chi connectivity index (χ2v) is 5.15. The summed E-state index contributed by atoms with van der Waals surface area (Å²) in [6.07, 6.45) is 0. The van der Waals surface area contributed by atoms with Crippen molar-refractivity contribution in [1.82, 2.24) is 0 Å². The van der Waals surface area contributed by atoms with Crippen LogP contribution in [-0.2, 0) is 0 Å². The summed E-state index contributed by atoms with van der Waals surface area (Å²) in [7, 11) is 0. The second kappa shape index (κ2) is 6.72. The molecule has 0 spiro atoms. The molecule has 0 aliphatic heterocycles. The Labute approximate surface area is 140 Å². The maximum absolute atomic E-state index is 13.3. The highest BCUT2D eigenvalue weighted by Crippen LogP contribution is 2.24. The zero-order chi connectivity index (χ0) is 18.0. The molecule has 1 N–H and O–H groups in total. The molecular weight excluding hydrogens is 332 g/mol. The summed E-state index contributed by atoms with van der Waals surface area (Å²) >= 11 is 0. The number of ether oxygens (including phenoxy) is 1. The van der Waals surface area contributed by atoms with Crippen LogP contribution in [0.2, 0.25) is 0 Å². The van der Waals surface area contributed by atoms with Gasteiger partial charge in [0.25, 0.3) is 5.91 Å². The number of rotatable bonds is 4. The van der Waals surface area contributed by atoms with Crippen LogP contribution in [0.25, 0.3) is 11.0 Å². The van der Waals surface area contributed by atoms with Crippen LogP contribution in [0.4, 0.5) is 14.5 Å². The van der Waals surface area contributed by atoms with E-state index in [1.165, 1.54) is 12.1 Å². The number of amides is 1. The van der Waals surface area contributed by atoms with Crippen LogP contribution in [-0.4, -0.2) is 12.5 Å². The number of fused-ring (bicyclic) bond motifs is 1. The molecule has 0 unspecified atom stereocenters. The lowest BCUT2D eigenvalue weighted by Gasteiger charge is -2.09. The number of nitrogens with one attached hydrogen (secondary N) is 1. The summed E-state index contributed by atoms with van der Waals surface area (Å²) < 4.78 is 36.7. The molecule has 0 fully saturated rings. The molecule has 5 nitrogen and oxygen atoms in total. The molecular formula is C18H13F2NO4. The standard InChI is InChI=1S/C18H13F2NO4/c1-2-24-11-4-5-12-13(9-17(22)25-16(12)8-11)18(23)21-10-3-6-14(19)15(20)7-10/h3-9H,2H2,1H3,(H,21,23). The molecule has 3 aromatic rings. The smallest absolute Gasteiger partial charge is 0.337 e. The van der Waals surface area contributed by atoms with Crippen LogP contribution >= 0.6 is 0 Å². The highest BCUT2D eigenvalue weighted by atomic mass is 19.2. The summed E-state index contributed by atoms with van der Waals surface area (Å²) in [6.45, 7) is 2.25. The molecule has 0 radical (unpaired) electrons. The van der Waals surface area contributed by atoms with Gasteiger partial charge in [0.05, 0.1) is 12.2 Å².